The molecular weight excluding hydrogens is 407 g/mol. The number of nitrogens with one attached hydrogen (secondary N) is 1. The molecule has 0 amide bonds. The number of methoxy groups -OCH3 is 2. The molecule has 2 heterocycles. The van der Waals surface area contributed by atoms with E-state index in [1.54, 1.807) is 55.6 Å². The van der Waals surface area contributed by atoms with Crippen LogP contribution in [0.5, 0.6) is 11.5 Å². The number of benzene rings is 2. The highest BCUT2D eigenvalue weighted by Gasteiger charge is 2.42. The first-order valence-corrected chi connectivity index (χ1v) is 10.1. The van der Waals surface area contributed by atoms with E-state index in [9.17, 15) is 13.2 Å². The summed E-state index contributed by atoms with van der Waals surface area (Å²) in [6, 6.07) is 13.4. The van der Waals surface area contributed by atoms with Crippen LogP contribution in [0.1, 0.15) is 30.0 Å². The third-order valence-corrected chi connectivity index (χ3v) is 5.60. The van der Waals surface area contributed by atoms with E-state index in [0.29, 0.717) is 48.7 Å². The van der Waals surface area contributed by atoms with Crippen molar-refractivity contribution in [3.63, 3.8) is 0 Å². The number of piperidine rings is 1. The Balaban J connectivity index is 1.95. The molecule has 5 nitrogen and oxygen atoms in total. The summed E-state index contributed by atoms with van der Waals surface area (Å²) in [7, 11) is 3.07. The van der Waals surface area contributed by atoms with E-state index in [4.69, 9.17) is 9.47 Å². The molecule has 164 valence electrons. The Morgan fingerprint density at radius 3 is 1.97 bits per heavy atom. The van der Waals surface area contributed by atoms with E-state index in [1.807, 2.05) is 0 Å². The zero-order valence-electron chi connectivity index (χ0n) is 17.4. The molecule has 3 aromatic rings. The van der Waals surface area contributed by atoms with Crippen LogP contribution in [0.3, 0.4) is 0 Å². The first-order chi connectivity index (χ1) is 14.9. The van der Waals surface area contributed by atoms with Crippen LogP contribution >= 0.6 is 0 Å². The quantitative estimate of drug-likeness (QED) is 0.615. The maximum atomic E-state index is 14.4. The van der Waals surface area contributed by atoms with Gasteiger partial charge in [0.15, 0.2) is 0 Å². The molecule has 2 aromatic carbocycles. The maximum Gasteiger partial charge on any atom is 0.420 e. The number of alkyl halides is 3. The van der Waals surface area contributed by atoms with E-state index >= 15 is 0 Å². The van der Waals surface area contributed by atoms with Gasteiger partial charge in [0.1, 0.15) is 17.1 Å². The smallest absolute Gasteiger partial charge is 0.420 e. The van der Waals surface area contributed by atoms with E-state index in [2.05, 4.69) is 10.4 Å². The molecule has 0 spiro atoms. The van der Waals surface area contributed by atoms with Crippen molar-refractivity contribution in [1.29, 1.82) is 0 Å². The van der Waals surface area contributed by atoms with Gasteiger partial charge in [0.2, 0.25) is 0 Å². The fourth-order valence-corrected chi connectivity index (χ4v) is 4.02. The van der Waals surface area contributed by atoms with Crippen LogP contribution in [-0.2, 0) is 6.18 Å². The van der Waals surface area contributed by atoms with E-state index in [0.717, 1.165) is 0 Å². The third-order valence-electron chi connectivity index (χ3n) is 5.60. The summed E-state index contributed by atoms with van der Waals surface area (Å²) in [5.74, 6) is 0.942. The Morgan fingerprint density at radius 1 is 0.903 bits per heavy atom. The van der Waals surface area contributed by atoms with Gasteiger partial charge in [-0.3, -0.25) is 0 Å². The topological polar surface area (TPSA) is 48.3 Å². The van der Waals surface area contributed by atoms with Crippen molar-refractivity contribution in [3.05, 3.63) is 59.8 Å². The Kier molecular flexibility index (Phi) is 5.91. The lowest BCUT2D eigenvalue weighted by Gasteiger charge is -2.22. The third kappa shape index (κ3) is 4.25. The summed E-state index contributed by atoms with van der Waals surface area (Å²) in [4.78, 5) is 0. The molecule has 1 N–H and O–H groups in total. The SMILES string of the molecule is COc1ccc(-c2c(C(F)(F)F)c(C3CCNCC3)nn2-c2ccc(OC)cc2)cc1. The minimum atomic E-state index is -4.54. The molecule has 1 aromatic heterocycles. The Bertz CT molecular complexity index is 1020. The van der Waals surface area contributed by atoms with Gasteiger partial charge in [0, 0.05) is 11.5 Å². The van der Waals surface area contributed by atoms with E-state index in [1.165, 1.54) is 11.8 Å². The first kappa shape index (κ1) is 21.2. The van der Waals surface area contributed by atoms with Crippen molar-refractivity contribution in [2.24, 2.45) is 0 Å². The summed E-state index contributed by atoms with van der Waals surface area (Å²) < 4.78 is 55.1. The molecule has 1 fully saturated rings. The fourth-order valence-electron chi connectivity index (χ4n) is 4.02. The number of hydrogen-bond donors (Lipinski definition) is 1. The molecule has 4 rings (SSSR count). The molecule has 1 aliphatic rings. The molecule has 1 aliphatic heterocycles. The highest BCUT2D eigenvalue weighted by atomic mass is 19.4. The summed E-state index contributed by atoms with van der Waals surface area (Å²) in [5, 5.41) is 7.75. The lowest BCUT2D eigenvalue weighted by atomic mass is 9.90. The van der Waals surface area contributed by atoms with E-state index < -0.39 is 11.7 Å². The summed E-state index contributed by atoms with van der Waals surface area (Å²) >= 11 is 0. The molecule has 0 saturated carbocycles. The minimum Gasteiger partial charge on any atom is -0.497 e. The average Bonchev–Trinajstić information content (AvgIpc) is 3.21. The molecule has 0 unspecified atom stereocenters. The number of hydrogen-bond acceptors (Lipinski definition) is 4. The van der Waals surface area contributed by atoms with Crippen LogP contribution in [0.2, 0.25) is 0 Å². The van der Waals surface area contributed by atoms with Gasteiger partial charge >= 0.3 is 6.18 Å². The molecule has 0 atom stereocenters. The van der Waals surface area contributed by atoms with Gasteiger partial charge in [0.05, 0.1) is 31.3 Å². The van der Waals surface area contributed by atoms with Gasteiger partial charge < -0.3 is 14.8 Å². The lowest BCUT2D eigenvalue weighted by Crippen LogP contribution is -2.28. The normalized spacial score (nSPS) is 15.1. The van der Waals surface area contributed by atoms with Crippen LogP contribution in [-0.4, -0.2) is 37.1 Å². The second-order valence-corrected chi connectivity index (χ2v) is 7.47. The van der Waals surface area contributed by atoms with Crippen molar-refractivity contribution < 1.29 is 22.6 Å². The zero-order valence-corrected chi connectivity index (χ0v) is 17.4. The summed E-state index contributed by atoms with van der Waals surface area (Å²) in [6.45, 7) is 1.35. The standard InChI is InChI=1S/C23H24F3N3O2/c1-30-18-7-3-16(4-8-18)22-20(23(24,25)26)21(15-11-13-27-14-12-15)28-29(22)17-5-9-19(31-2)10-6-17/h3-10,15,27H,11-14H2,1-2H3. The van der Waals surface area contributed by atoms with Crippen molar-refractivity contribution >= 4 is 0 Å². The van der Waals surface area contributed by atoms with Crippen LogP contribution in [0.25, 0.3) is 16.9 Å². The summed E-state index contributed by atoms with van der Waals surface area (Å²) in [6.07, 6.45) is -3.31. The van der Waals surface area contributed by atoms with Crippen molar-refractivity contribution in [2.45, 2.75) is 24.9 Å². The van der Waals surface area contributed by atoms with Crippen molar-refractivity contribution in [3.8, 4) is 28.4 Å². The van der Waals surface area contributed by atoms with Crippen LogP contribution in [0.4, 0.5) is 13.2 Å². The fraction of sp³-hybridized carbons (Fsp3) is 0.348. The molecule has 31 heavy (non-hydrogen) atoms. The lowest BCUT2D eigenvalue weighted by molar-refractivity contribution is -0.138. The maximum absolute atomic E-state index is 14.4. The van der Waals surface area contributed by atoms with Crippen molar-refractivity contribution in [1.82, 2.24) is 15.1 Å². The Morgan fingerprint density at radius 2 is 1.45 bits per heavy atom. The molecular formula is C23H24F3N3O2. The molecule has 0 radical (unpaired) electrons. The van der Waals surface area contributed by atoms with Gasteiger partial charge in [0.25, 0.3) is 0 Å². The van der Waals surface area contributed by atoms with Crippen LogP contribution in [0, 0.1) is 0 Å². The molecule has 1 saturated heterocycles. The second kappa shape index (κ2) is 8.63. The molecule has 0 aliphatic carbocycles. The Labute approximate surface area is 178 Å². The largest absolute Gasteiger partial charge is 0.497 e. The number of ether oxygens (including phenoxy) is 2. The Hall–Kier alpha value is -3.00. The highest BCUT2D eigenvalue weighted by Crippen LogP contribution is 2.44. The second-order valence-electron chi connectivity index (χ2n) is 7.47. The van der Waals surface area contributed by atoms with Gasteiger partial charge in [-0.05, 0) is 74.5 Å². The number of halogens is 3. The monoisotopic (exact) mass is 431 g/mol. The zero-order chi connectivity index (χ0) is 22.0. The van der Waals surface area contributed by atoms with Crippen LogP contribution in [0.15, 0.2) is 48.5 Å². The predicted octanol–water partition coefficient (Wildman–Crippen LogP) is 5.04. The number of rotatable bonds is 5. The molecule has 8 heteroatoms. The average molecular weight is 431 g/mol. The van der Waals surface area contributed by atoms with Gasteiger partial charge in [-0.25, -0.2) is 4.68 Å². The minimum absolute atomic E-state index is 0.0360. The van der Waals surface area contributed by atoms with Crippen molar-refractivity contribution in [2.75, 3.05) is 27.3 Å². The number of aromatic nitrogens is 2. The number of nitrogens with zero attached hydrogens (tertiary/aromatic N) is 2. The van der Waals surface area contributed by atoms with Crippen LogP contribution < -0.4 is 14.8 Å². The molecule has 0 bridgehead atoms. The van der Waals surface area contributed by atoms with Gasteiger partial charge in [-0.1, -0.05) is 0 Å². The predicted molar refractivity (Wildman–Crippen MR) is 112 cm³/mol. The first-order valence-electron chi connectivity index (χ1n) is 10.1. The highest BCUT2D eigenvalue weighted by molar-refractivity contribution is 5.69. The van der Waals surface area contributed by atoms with Gasteiger partial charge in [-0.15, -0.1) is 0 Å². The van der Waals surface area contributed by atoms with Gasteiger partial charge in [-0.2, -0.15) is 18.3 Å². The van der Waals surface area contributed by atoms with E-state index in [-0.39, 0.29) is 17.3 Å². The summed E-state index contributed by atoms with van der Waals surface area (Å²) in [5.41, 5.74) is 0.443.